The first kappa shape index (κ1) is 18.9. The molecule has 0 heterocycles. The Morgan fingerprint density at radius 1 is 1.22 bits per heavy atom. The van der Waals surface area contributed by atoms with E-state index in [1.54, 1.807) is 25.3 Å². The number of nitrogens with zero attached hydrogens (tertiary/aromatic N) is 2. The lowest BCUT2D eigenvalue weighted by Crippen LogP contribution is -2.40. The van der Waals surface area contributed by atoms with Crippen LogP contribution in [0.4, 0.5) is 5.69 Å². The summed E-state index contributed by atoms with van der Waals surface area (Å²) in [6, 6.07) is 14.2. The molecular formula is C21H24N2O4. The van der Waals surface area contributed by atoms with Gasteiger partial charge in [0, 0.05) is 24.2 Å². The number of methoxy groups -OCH3 is 1. The van der Waals surface area contributed by atoms with E-state index in [0.717, 1.165) is 24.2 Å². The van der Waals surface area contributed by atoms with Crippen LogP contribution in [0.5, 0.6) is 5.75 Å². The molecule has 142 valence electrons. The van der Waals surface area contributed by atoms with Crippen molar-refractivity contribution in [2.24, 2.45) is 5.92 Å². The molecule has 1 unspecified atom stereocenters. The van der Waals surface area contributed by atoms with Gasteiger partial charge in [0.05, 0.1) is 18.5 Å². The van der Waals surface area contributed by atoms with Crippen LogP contribution < -0.4 is 4.74 Å². The Balaban J connectivity index is 1.80. The topological polar surface area (TPSA) is 72.7 Å². The van der Waals surface area contributed by atoms with E-state index in [4.69, 9.17) is 4.74 Å². The number of para-hydroxylation sites is 1. The molecule has 1 atom stereocenters. The molecule has 3 rings (SSSR count). The Hall–Kier alpha value is -2.89. The molecule has 0 bridgehead atoms. The molecule has 0 spiro atoms. The van der Waals surface area contributed by atoms with Crippen molar-refractivity contribution in [1.82, 2.24) is 4.90 Å². The van der Waals surface area contributed by atoms with Crippen molar-refractivity contribution in [2.75, 3.05) is 7.11 Å². The van der Waals surface area contributed by atoms with Gasteiger partial charge in [-0.1, -0.05) is 30.3 Å². The van der Waals surface area contributed by atoms with E-state index < -0.39 is 4.92 Å². The van der Waals surface area contributed by atoms with Gasteiger partial charge < -0.3 is 9.64 Å². The first-order valence-corrected chi connectivity index (χ1v) is 9.14. The van der Waals surface area contributed by atoms with Gasteiger partial charge in [0.25, 0.3) is 5.69 Å². The van der Waals surface area contributed by atoms with Crippen LogP contribution in [0.1, 0.15) is 30.9 Å². The fourth-order valence-electron chi connectivity index (χ4n) is 3.32. The molecule has 1 saturated carbocycles. The molecule has 0 saturated heterocycles. The van der Waals surface area contributed by atoms with Crippen molar-refractivity contribution in [1.29, 1.82) is 0 Å². The summed E-state index contributed by atoms with van der Waals surface area (Å²) in [5.41, 5.74) is 1.46. The third kappa shape index (κ3) is 4.64. The van der Waals surface area contributed by atoms with Crippen molar-refractivity contribution in [2.45, 2.75) is 38.8 Å². The summed E-state index contributed by atoms with van der Waals surface area (Å²) in [5, 5.41) is 11.2. The quantitative estimate of drug-likeness (QED) is 0.522. The largest absolute Gasteiger partial charge is 0.497 e. The minimum absolute atomic E-state index is 0.00526. The Morgan fingerprint density at radius 3 is 2.48 bits per heavy atom. The number of nitro benzene ring substituents is 1. The number of amides is 1. The van der Waals surface area contributed by atoms with Crippen molar-refractivity contribution in [3.8, 4) is 5.75 Å². The molecule has 0 radical (unpaired) electrons. The van der Waals surface area contributed by atoms with E-state index in [0.29, 0.717) is 18.0 Å². The number of carbonyl (C=O) groups excluding carboxylic acids is 1. The molecule has 1 fully saturated rings. The summed E-state index contributed by atoms with van der Waals surface area (Å²) in [6.45, 7) is 2.56. The van der Waals surface area contributed by atoms with Gasteiger partial charge in [0.2, 0.25) is 5.91 Å². The normalized spacial score (nSPS) is 14.4. The molecule has 0 N–H and O–H groups in total. The fourth-order valence-corrected chi connectivity index (χ4v) is 3.32. The third-order valence-electron chi connectivity index (χ3n) is 5.16. The van der Waals surface area contributed by atoms with Gasteiger partial charge >= 0.3 is 0 Å². The van der Waals surface area contributed by atoms with Crippen LogP contribution in [-0.4, -0.2) is 28.9 Å². The Morgan fingerprint density at radius 2 is 1.89 bits per heavy atom. The van der Waals surface area contributed by atoms with Crippen molar-refractivity contribution < 1.29 is 14.5 Å². The van der Waals surface area contributed by atoms with E-state index in [2.05, 4.69) is 6.92 Å². The Bertz CT molecular complexity index is 815. The standard InChI is InChI=1S/C21H24N2O4/c1-15(17-9-10-17)22(14-16-7-11-19(27-2)12-8-16)21(24)13-18-5-3-4-6-20(18)23(25)26/h3-8,11-12,15,17H,9-10,13-14H2,1-2H3. The minimum atomic E-state index is -0.430. The molecule has 1 aliphatic carbocycles. The highest BCUT2D eigenvalue weighted by Gasteiger charge is 2.34. The number of carbonyl (C=O) groups is 1. The lowest BCUT2D eigenvalue weighted by Gasteiger charge is -2.30. The zero-order valence-corrected chi connectivity index (χ0v) is 15.6. The molecule has 2 aromatic rings. The summed E-state index contributed by atoms with van der Waals surface area (Å²) in [4.78, 5) is 25.7. The van der Waals surface area contributed by atoms with Crippen molar-refractivity contribution in [3.05, 3.63) is 69.8 Å². The van der Waals surface area contributed by atoms with Crippen LogP contribution in [0, 0.1) is 16.0 Å². The molecule has 6 heteroatoms. The average molecular weight is 368 g/mol. The summed E-state index contributed by atoms with van der Waals surface area (Å²) >= 11 is 0. The fraction of sp³-hybridized carbons (Fsp3) is 0.381. The molecular weight excluding hydrogens is 344 g/mol. The maximum atomic E-state index is 13.1. The highest BCUT2D eigenvalue weighted by Crippen LogP contribution is 2.36. The van der Waals surface area contributed by atoms with Gasteiger partial charge in [0.1, 0.15) is 5.75 Å². The molecule has 1 aliphatic rings. The predicted molar refractivity (Wildman–Crippen MR) is 103 cm³/mol. The Labute approximate surface area is 158 Å². The Kier molecular flexibility index (Phi) is 5.74. The van der Waals surface area contributed by atoms with Crippen molar-refractivity contribution >= 4 is 11.6 Å². The highest BCUT2D eigenvalue weighted by atomic mass is 16.6. The zero-order valence-electron chi connectivity index (χ0n) is 15.6. The van der Waals surface area contributed by atoms with Crippen LogP contribution >= 0.6 is 0 Å². The summed E-state index contributed by atoms with van der Waals surface area (Å²) in [7, 11) is 1.62. The second-order valence-corrected chi connectivity index (χ2v) is 7.01. The molecule has 0 aromatic heterocycles. The van der Waals surface area contributed by atoms with Gasteiger partial charge in [-0.2, -0.15) is 0 Å². The summed E-state index contributed by atoms with van der Waals surface area (Å²) in [5.74, 6) is 1.20. The lowest BCUT2D eigenvalue weighted by atomic mass is 10.1. The molecule has 1 amide bonds. The number of hydrogen-bond acceptors (Lipinski definition) is 4. The van der Waals surface area contributed by atoms with Gasteiger partial charge in [-0.25, -0.2) is 0 Å². The third-order valence-corrected chi connectivity index (χ3v) is 5.16. The molecule has 6 nitrogen and oxygen atoms in total. The van der Waals surface area contributed by atoms with Crippen LogP contribution in [0.3, 0.4) is 0 Å². The van der Waals surface area contributed by atoms with E-state index >= 15 is 0 Å². The monoisotopic (exact) mass is 368 g/mol. The number of benzene rings is 2. The average Bonchev–Trinajstić information content (AvgIpc) is 3.51. The van der Waals surface area contributed by atoms with E-state index in [1.165, 1.54) is 6.07 Å². The number of nitro groups is 1. The van der Waals surface area contributed by atoms with Crippen LogP contribution in [0.25, 0.3) is 0 Å². The summed E-state index contributed by atoms with van der Waals surface area (Å²) < 4.78 is 5.19. The zero-order chi connectivity index (χ0) is 19.4. The number of rotatable bonds is 8. The van der Waals surface area contributed by atoms with Gasteiger partial charge in [-0.05, 0) is 43.4 Å². The highest BCUT2D eigenvalue weighted by molar-refractivity contribution is 5.80. The van der Waals surface area contributed by atoms with Gasteiger partial charge in [-0.3, -0.25) is 14.9 Å². The molecule has 2 aromatic carbocycles. The number of hydrogen-bond donors (Lipinski definition) is 0. The molecule has 0 aliphatic heterocycles. The van der Waals surface area contributed by atoms with Crippen LogP contribution in [0.15, 0.2) is 48.5 Å². The first-order chi connectivity index (χ1) is 13.0. The van der Waals surface area contributed by atoms with E-state index in [9.17, 15) is 14.9 Å². The minimum Gasteiger partial charge on any atom is -0.497 e. The number of ether oxygens (including phenoxy) is 1. The van der Waals surface area contributed by atoms with E-state index in [-0.39, 0.29) is 24.1 Å². The maximum Gasteiger partial charge on any atom is 0.273 e. The molecule has 27 heavy (non-hydrogen) atoms. The maximum absolute atomic E-state index is 13.1. The lowest BCUT2D eigenvalue weighted by molar-refractivity contribution is -0.385. The predicted octanol–water partition coefficient (Wildman–Crippen LogP) is 3.97. The van der Waals surface area contributed by atoms with Crippen LogP contribution in [-0.2, 0) is 17.8 Å². The van der Waals surface area contributed by atoms with Crippen LogP contribution in [0.2, 0.25) is 0 Å². The van der Waals surface area contributed by atoms with Gasteiger partial charge in [0.15, 0.2) is 0 Å². The summed E-state index contributed by atoms with van der Waals surface area (Å²) in [6.07, 6.45) is 2.28. The SMILES string of the molecule is COc1ccc(CN(C(=O)Cc2ccccc2[N+](=O)[O-])C(C)C2CC2)cc1. The van der Waals surface area contributed by atoms with Gasteiger partial charge in [-0.15, -0.1) is 0 Å². The first-order valence-electron chi connectivity index (χ1n) is 9.14. The smallest absolute Gasteiger partial charge is 0.273 e. The van der Waals surface area contributed by atoms with Crippen molar-refractivity contribution in [3.63, 3.8) is 0 Å². The van der Waals surface area contributed by atoms with E-state index in [1.807, 2.05) is 29.2 Å². The second kappa shape index (κ2) is 8.20. The second-order valence-electron chi connectivity index (χ2n) is 7.01.